The van der Waals surface area contributed by atoms with Crippen LogP contribution in [0, 0.1) is 5.92 Å². The highest BCUT2D eigenvalue weighted by Crippen LogP contribution is 2.40. The van der Waals surface area contributed by atoms with E-state index in [4.69, 9.17) is 9.47 Å². The predicted octanol–water partition coefficient (Wildman–Crippen LogP) is 2.83. The predicted molar refractivity (Wildman–Crippen MR) is 148 cm³/mol. The molecule has 3 amide bonds. The molecule has 0 atom stereocenters. The first-order chi connectivity index (χ1) is 18.9. The Bertz CT molecular complexity index is 1190. The molecule has 0 unspecified atom stereocenters. The summed E-state index contributed by atoms with van der Waals surface area (Å²) >= 11 is 0. The molecule has 1 N–H and O–H groups in total. The van der Waals surface area contributed by atoms with Gasteiger partial charge in [0.25, 0.3) is 5.91 Å². The largest absolute Gasteiger partial charge is 0.493 e. The maximum atomic E-state index is 13.9. The number of nitrogens with zero attached hydrogens (tertiary/aromatic N) is 3. The number of benzene rings is 2. The van der Waals surface area contributed by atoms with Crippen molar-refractivity contribution < 1.29 is 23.9 Å². The van der Waals surface area contributed by atoms with Crippen LogP contribution in [0.5, 0.6) is 11.5 Å². The van der Waals surface area contributed by atoms with Crippen LogP contribution in [0.25, 0.3) is 0 Å². The summed E-state index contributed by atoms with van der Waals surface area (Å²) in [6.45, 7) is 1.93. The Morgan fingerprint density at radius 1 is 1.00 bits per heavy atom. The smallest absolute Gasteiger partial charge is 0.250 e. The van der Waals surface area contributed by atoms with Crippen molar-refractivity contribution in [1.82, 2.24) is 15.1 Å². The van der Waals surface area contributed by atoms with Crippen molar-refractivity contribution in [2.24, 2.45) is 5.92 Å². The Labute approximate surface area is 230 Å². The van der Waals surface area contributed by atoms with Gasteiger partial charge in [-0.05, 0) is 61.9 Å². The normalized spacial score (nSPS) is 18.7. The molecule has 208 valence electrons. The Morgan fingerprint density at radius 3 is 2.36 bits per heavy atom. The molecule has 5 rings (SSSR count). The second-order valence-corrected chi connectivity index (χ2v) is 10.7. The molecule has 1 saturated carbocycles. The number of carbonyl (C=O) groups is 3. The Morgan fingerprint density at radius 2 is 1.72 bits per heavy atom. The molecule has 1 spiro atoms. The maximum absolute atomic E-state index is 13.9. The van der Waals surface area contributed by atoms with Crippen LogP contribution < -0.4 is 19.7 Å². The first kappa shape index (κ1) is 26.8. The van der Waals surface area contributed by atoms with Gasteiger partial charge in [0.05, 0.1) is 20.9 Å². The summed E-state index contributed by atoms with van der Waals surface area (Å²) < 4.78 is 10.6. The van der Waals surface area contributed by atoms with Crippen LogP contribution >= 0.6 is 0 Å². The van der Waals surface area contributed by atoms with E-state index in [2.05, 4.69) is 10.2 Å². The fourth-order valence-electron chi connectivity index (χ4n) is 5.94. The third kappa shape index (κ3) is 5.40. The molecule has 2 aromatic carbocycles. The summed E-state index contributed by atoms with van der Waals surface area (Å²) in [6, 6.07) is 15.6. The van der Waals surface area contributed by atoms with Crippen molar-refractivity contribution in [3.05, 3.63) is 54.1 Å². The monoisotopic (exact) mass is 534 g/mol. The van der Waals surface area contributed by atoms with E-state index in [1.54, 1.807) is 19.1 Å². The minimum absolute atomic E-state index is 0.000565. The average Bonchev–Trinajstić information content (AvgIpc) is 3.18. The number of piperidine rings is 1. The molecule has 0 radical (unpaired) electrons. The second-order valence-electron chi connectivity index (χ2n) is 10.7. The van der Waals surface area contributed by atoms with Gasteiger partial charge in [0, 0.05) is 31.2 Å². The summed E-state index contributed by atoms with van der Waals surface area (Å²) in [6.07, 6.45) is 4.84. The number of rotatable bonds is 9. The van der Waals surface area contributed by atoms with Gasteiger partial charge in [-0.3, -0.25) is 14.4 Å². The van der Waals surface area contributed by atoms with Crippen LogP contribution in [-0.4, -0.2) is 80.1 Å². The van der Waals surface area contributed by atoms with Crippen LogP contribution in [0.1, 0.15) is 37.7 Å². The number of ether oxygens (including phenoxy) is 2. The summed E-state index contributed by atoms with van der Waals surface area (Å²) in [5.74, 6) is 1.48. The first-order valence-electron chi connectivity index (χ1n) is 13.8. The molecule has 2 heterocycles. The summed E-state index contributed by atoms with van der Waals surface area (Å²) in [4.78, 5) is 45.4. The van der Waals surface area contributed by atoms with Crippen molar-refractivity contribution in [3.8, 4) is 11.5 Å². The van der Waals surface area contributed by atoms with E-state index < -0.39 is 5.54 Å². The van der Waals surface area contributed by atoms with Crippen LogP contribution in [0.4, 0.5) is 5.69 Å². The molecule has 39 heavy (non-hydrogen) atoms. The molecule has 2 aliphatic heterocycles. The number of amides is 3. The molecular formula is C30H38N4O5. The molecule has 3 aliphatic rings. The van der Waals surface area contributed by atoms with Gasteiger partial charge in [0.1, 0.15) is 12.1 Å². The third-order valence-electron chi connectivity index (χ3n) is 8.46. The second kappa shape index (κ2) is 11.6. The molecule has 3 fully saturated rings. The number of para-hydroxylation sites is 1. The molecular weight excluding hydrogens is 496 g/mol. The van der Waals surface area contributed by atoms with Gasteiger partial charge < -0.3 is 29.5 Å². The standard InChI is InChI=1S/C30H38N4O5/c1-38-25-12-11-22(19-26(25)39-2)13-16-31-27(35)20-33-21-34(24-9-4-3-5-10-24)30(29(33)37)14-17-32(18-15-30)28(36)23-7-6-8-23/h3-5,9-12,19,23H,6-8,13-18,20-21H2,1-2H3,(H,31,35). The van der Waals surface area contributed by atoms with Crippen molar-refractivity contribution in [1.29, 1.82) is 0 Å². The topological polar surface area (TPSA) is 91.4 Å². The van der Waals surface area contributed by atoms with Crippen LogP contribution in [0.15, 0.2) is 48.5 Å². The average molecular weight is 535 g/mol. The Hall–Kier alpha value is -3.75. The van der Waals surface area contributed by atoms with Crippen molar-refractivity contribution in [2.75, 3.05) is 52.0 Å². The van der Waals surface area contributed by atoms with E-state index in [1.807, 2.05) is 53.4 Å². The van der Waals surface area contributed by atoms with Gasteiger partial charge in [-0.25, -0.2) is 0 Å². The highest BCUT2D eigenvalue weighted by molar-refractivity contribution is 5.96. The van der Waals surface area contributed by atoms with E-state index in [0.717, 1.165) is 30.5 Å². The zero-order valence-electron chi connectivity index (χ0n) is 22.9. The van der Waals surface area contributed by atoms with Gasteiger partial charge in [-0.15, -0.1) is 0 Å². The first-order valence-corrected chi connectivity index (χ1v) is 13.8. The lowest BCUT2D eigenvalue weighted by Gasteiger charge is -2.44. The Kier molecular flexibility index (Phi) is 7.95. The minimum atomic E-state index is -0.738. The highest BCUT2D eigenvalue weighted by Gasteiger charge is 2.54. The maximum Gasteiger partial charge on any atom is 0.250 e. The summed E-state index contributed by atoms with van der Waals surface area (Å²) in [5.41, 5.74) is 1.24. The van der Waals surface area contributed by atoms with Crippen LogP contribution in [0.3, 0.4) is 0 Å². The van der Waals surface area contributed by atoms with Gasteiger partial charge >= 0.3 is 0 Å². The van der Waals surface area contributed by atoms with Gasteiger partial charge in [0.2, 0.25) is 11.8 Å². The number of methoxy groups -OCH3 is 2. The number of hydrogen-bond donors (Lipinski definition) is 1. The lowest BCUT2D eigenvalue weighted by Crippen LogP contribution is -2.58. The molecule has 1 aliphatic carbocycles. The molecule has 2 saturated heterocycles. The lowest BCUT2D eigenvalue weighted by atomic mass is 9.81. The number of nitrogens with one attached hydrogen (secondary N) is 1. The number of hydrogen-bond acceptors (Lipinski definition) is 6. The van der Waals surface area contributed by atoms with Gasteiger partial charge in [-0.1, -0.05) is 30.7 Å². The molecule has 0 bridgehead atoms. The summed E-state index contributed by atoms with van der Waals surface area (Å²) in [7, 11) is 3.19. The molecule has 0 aromatic heterocycles. The van der Waals surface area contributed by atoms with E-state index in [1.165, 1.54) is 0 Å². The highest BCUT2D eigenvalue weighted by atomic mass is 16.5. The zero-order valence-corrected chi connectivity index (χ0v) is 22.9. The van der Waals surface area contributed by atoms with E-state index in [0.29, 0.717) is 57.1 Å². The molecule has 2 aromatic rings. The number of carbonyl (C=O) groups excluding carboxylic acids is 3. The third-order valence-corrected chi connectivity index (χ3v) is 8.46. The fraction of sp³-hybridized carbons (Fsp3) is 0.500. The van der Waals surface area contributed by atoms with E-state index in [9.17, 15) is 14.4 Å². The molecule has 9 nitrogen and oxygen atoms in total. The Balaban J connectivity index is 1.22. The van der Waals surface area contributed by atoms with Gasteiger partial charge in [0.15, 0.2) is 11.5 Å². The molecule has 9 heteroatoms. The SMILES string of the molecule is COc1ccc(CCNC(=O)CN2CN(c3ccccc3)C3(CCN(C(=O)C4CCC4)CC3)C2=O)cc1OC. The zero-order chi connectivity index (χ0) is 27.4. The van der Waals surface area contributed by atoms with E-state index >= 15 is 0 Å². The van der Waals surface area contributed by atoms with Crippen molar-refractivity contribution in [3.63, 3.8) is 0 Å². The quantitative estimate of drug-likeness (QED) is 0.532. The number of anilines is 1. The van der Waals surface area contributed by atoms with Crippen LogP contribution in [0.2, 0.25) is 0 Å². The van der Waals surface area contributed by atoms with Crippen molar-refractivity contribution in [2.45, 2.75) is 44.1 Å². The lowest BCUT2D eigenvalue weighted by molar-refractivity contribution is -0.143. The van der Waals surface area contributed by atoms with Gasteiger partial charge in [-0.2, -0.15) is 0 Å². The van der Waals surface area contributed by atoms with E-state index in [-0.39, 0.29) is 30.2 Å². The van der Waals surface area contributed by atoms with Crippen molar-refractivity contribution >= 4 is 23.4 Å². The summed E-state index contributed by atoms with van der Waals surface area (Å²) in [5, 5.41) is 2.96. The van der Waals surface area contributed by atoms with Crippen LogP contribution in [-0.2, 0) is 20.8 Å². The fourth-order valence-corrected chi connectivity index (χ4v) is 5.94. The number of likely N-dealkylation sites (tertiary alicyclic amines) is 1. The minimum Gasteiger partial charge on any atom is -0.493 e.